The van der Waals surface area contributed by atoms with Gasteiger partial charge in [-0.3, -0.25) is 4.79 Å². The van der Waals surface area contributed by atoms with E-state index in [0.717, 1.165) is 0 Å². The van der Waals surface area contributed by atoms with E-state index in [9.17, 15) is 9.18 Å². The highest BCUT2D eigenvalue weighted by Gasteiger charge is 2.10. The van der Waals surface area contributed by atoms with E-state index in [1.807, 2.05) is 0 Å². The number of rotatable bonds is 3. The number of hydrogen-bond acceptors (Lipinski definition) is 1. The summed E-state index contributed by atoms with van der Waals surface area (Å²) in [7, 11) is 0. The van der Waals surface area contributed by atoms with Crippen LogP contribution in [-0.4, -0.2) is 12.5 Å². The smallest absolute Gasteiger partial charge is 0.225 e. The molecule has 1 aromatic rings. The summed E-state index contributed by atoms with van der Waals surface area (Å²) in [5.74, 6) is 1.42. The van der Waals surface area contributed by atoms with Gasteiger partial charge in [-0.2, -0.15) is 0 Å². The van der Waals surface area contributed by atoms with Crippen LogP contribution in [0.4, 0.5) is 4.39 Å². The fraction of sp³-hybridized carbons (Fsp3) is 0.182. The second kappa shape index (κ2) is 5.38. The standard InChI is InChI=1S/C11H9ClFNO/c1-2-6-14-11(15)7-8-9(12)4-3-5-10(8)13/h1,3-5H,6-7H2,(H,14,15). The molecular weight excluding hydrogens is 217 g/mol. The molecule has 1 N–H and O–H groups in total. The van der Waals surface area contributed by atoms with E-state index in [2.05, 4.69) is 11.2 Å². The highest BCUT2D eigenvalue weighted by atomic mass is 35.5. The van der Waals surface area contributed by atoms with E-state index in [0.29, 0.717) is 0 Å². The maximum atomic E-state index is 13.2. The van der Waals surface area contributed by atoms with Crippen molar-refractivity contribution < 1.29 is 9.18 Å². The Hall–Kier alpha value is -1.53. The Morgan fingerprint density at radius 1 is 1.60 bits per heavy atom. The minimum atomic E-state index is -0.488. The molecule has 78 valence electrons. The Morgan fingerprint density at radius 3 is 2.93 bits per heavy atom. The Balaban J connectivity index is 2.73. The lowest BCUT2D eigenvalue weighted by molar-refractivity contribution is -0.120. The Labute approximate surface area is 92.4 Å². The van der Waals surface area contributed by atoms with E-state index in [4.69, 9.17) is 18.0 Å². The molecule has 1 rings (SSSR count). The molecule has 0 atom stereocenters. The first-order chi connectivity index (χ1) is 7.15. The summed E-state index contributed by atoms with van der Waals surface area (Å²) in [6.07, 6.45) is 4.86. The van der Waals surface area contributed by atoms with Crippen LogP contribution in [0.25, 0.3) is 0 Å². The zero-order chi connectivity index (χ0) is 11.3. The van der Waals surface area contributed by atoms with E-state index in [1.165, 1.54) is 18.2 Å². The van der Waals surface area contributed by atoms with Crippen molar-refractivity contribution >= 4 is 17.5 Å². The van der Waals surface area contributed by atoms with Crippen LogP contribution in [0.2, 0.25) is 5.02 Å². The van der Waals surface area contributed by atoms with Crippen LogP contribution in [0.15, 0.2) is 18.2 Å². The van der Waals surface area contributed by atoms with E-state index in [-0.39, 0.29) is 29.5 Å². The van der Waals surface area contributed by atoms with E-state index >= 15 is 0 Å². The Bertz CT molecular complexity index is 391. The van der Waals surface area contributed by atoms with Crippen molar-refractivity contribution in [3.8, 4) is 12.3 Å². The number of hydrogen-bond donors (Lipinski definition) is 1. The van der Waals surface area contributed by atoms with Crippen LogP contribution < -0.4 is 5.32 Å². The molecule has 0 unspecified atom stereocenters. The average molecular weight is 226 g/mol. The van der Waals surface area contributed by atoms with Gasteiger partial charge < -0.3 is 5.32 Å². The van der Waals surface area contributed by atoms with Crippen molar-refractivity contribution in [2.75, 3.05) is 6.54 Å². The lowest BCUT2D eigenvalue weighted by atomic mass is 10.1. The first-order valence-corrected chi connectivity index (χ1v) is 4.66. The molecule has 0 radical (unpaired) electrons. The zero-order valence-electron chi connectivity index (χ0n) is 7.89. The van der Waals surface area contributed by atoms with Crippen LogP contribution >= 0.6 is 11.6 Å². The van der Waals surface area contributed by atoms with Gasteiger partial charge in [0.2, 0.25) is 5.91 Å². The second-order valence-electron chi connectivity index (χ2n) is 2.86. The molecule has 0 saturated heterocycles. The molecule has 0 heterocycles. The van der Waals surface area contributed by atoms with Crippen molar-refractivity contribution in [3.63, 3.8) is 0 Å². The first-order valence-electron chi connectivity index (χ1n) is 4.28. The second-order valence-corrected chi connectivity index (χ2v) is 3.27. The lowest BCUT2D eigenvalue weighted by Crippen LogP contribution is -2.25. The third-order valence-corrected chi connectivity index (χ3v) is 2.14. The summed E-state index contributed by atoms with van der Waals surface area (Å²) >= 11 is 5.75. The van der Waals surface area contributed by atoms with Crippen LogP contribution in [0, 0.1) is 18.2 Å². The molecule has 1 amide bonds. The number of amides is 1. The SMILES string of the molecule is C#CCNC(=O)Cc1c(F)cccc1Cl. The fourth-order valence-electron chi connectivity index (χ4n) is 1.07. The van der Waals surface area contributed by atoms with Crippen molar-refractivity contribution in [3.05, 3.63) is 34.6 Å². The maximum Gasteiger partial charge on any atom is 0.225 e. The average Bonchev–Trinajstić information content (AvgIpc) is 2.21. The monoisotopic (exact) mass is 225 g/mol. The number of halogens is 2. The highest BCUT2D eigenvalue weighted by Crippen LogP contribution is 2.19. The number of nitrogens with one attached hydrogen (secondary N) is 1. The predicted octanol–water partition coefficient (Wildman–Crippen LogP) is 1.77. The molecule has 0 spiro atoms. The van der Waals surface area contributed by atoms with Gasteiger partial charge in [0.25, 0.3) is 0 Å². The minimum Gasteiger partial charge on any atom is -0.345 e. The molecule has 15 heavy (non-hydrogen) atoms. The first kappa shape index (κ1) is 11.5. The molecule has 0 aliphatic heterocycles. The molecular formula is C11H9ClFNO. The molecule has 2 nitrogen and oxygen atoms in total. The number of carbonyl (C=O) groups is 1. The zero-order valence-corrected chi connectivity index (χ0v) is 8.64. The summed E-state index contributed by atoms with van der Waals surface area (Å²) in [5, 5.41) is 2.68. The number of terminal acetylenes is 1. The summed E-state index contributed by atoms with van der Waals surface area (Å²) in [5.41, 5.74) is 0.189. The molecule has 0 aliphatic rings. The summed E-state index contributed by atoms with van der Waals surface area (Å²) in [4.78, 5) is 11.2. The molecule has 0 fully saturated rings. The van der Waals surface area contributed by atoms with Crippen molar-refractivity contribution in [1.29, 1.82) is 0 Å². The summed E-state index contributed by atoms with van der Waals surface area (Å²) < 4.78 is 13.2. The van der Waals surface area contributed by atoms with E-state index in [1.54, 1.807) is 0 Å². The molecule has 4 heteroatoms. The van der Waals surface area contributed by atoms with Crippen LogP contribution in [0.3, 0.4) is 0 Å². The molecule has 1 aromatic carbocycles. The molecule has 0 aliphatic carbocycles. The van der Waals surface area contributed by atoms with Crippen molar-refractivity contribution in [2.24, 2.45) is 0 Å². The lowest BCUT2D eigenvalue weighted by Gasteiger charge is -2.05. The highest BCUT2D eigenvalue weighted by molar-refractivity contribution is 6.31. The maximum absolute atomic E-state index is 13.2. The predicted molar refractivity (Wildman–Crippen MR) is 57.0 cm³/mol. The third-order valence-electron chi connectivity index (χ3n) is 1.79. The largest absolute Gasteiger partial charge is 0.345 e. The van der Waals surface area contributed by atoms with Crippen molar-refractivity contribution in [1.82, 2.24) is 5.32 Å². The van der Waals surface area contributed by atoms with Crippen LogP contribution in [0.1, 0.15) is 5.56 Å². The van der Waals surface area contributed by atoms with Gasteiger partial charge in [-0.25, -0.2) is 4.39 Å². The third kappa shape index (κ3) is 3.26. The molecule has 0 saturated carbocycles. The van der Waals surface area contributed by atoms with Gasteiger partial charge in [0.05, 0.1) is 13.0 Å². The number of carbonyl (C=O) groups excluding carboxylic acids is 1. The topological polar surface area (TPSA) is 29.1 Å². The molecule has 0 aromatic heterocycles. The Kier molecular flexibility index (Phi) is 4.14. The Morgan fingerprint density at radius 2 is 2.33 bits per heavy atom. The summed E-state index contributed by atoms with van der Waals surface area (Å²) in [6, 6.07) is 4.28. The normalized spacial score (nSPS) is 9.40. The van der Waals surface area contributed by atoms with Gasteiger partial charge in [0, 0.05) is 10.6 Å². The quantitative estimate of drug-likeness (QED) is 0.781. The minimum absolute atomic E-state index is 0.104. The van der Waals surface area contributed by atoms with Gasteiger partial charge in [0.15, 0.2) is 0 Å². The van der Waals surface area contributed by atoms with Gasteiger partial charge in [-0.05, 0) is 12.1 Å². The fourth-order valence-corrected chi connectivity index (χ4v) is 1.30. The van der Waals surface area contributed by atoms with Crippen LogP contribution in [-0.2, 0) is 11.2 Å². The number of benzene rings is 1. The van der Waals surface area contributed by atoms with Crippen molar-refractivity contribution in [2.45, 2.75) is 6.42 Å². The van der Waals surface area contributed by atoms with Gasteiger partial charge in [-0.1, -0.05) is 23.6 Å². The van der Waals surface area contributed by atoms with Crippen LogP contribution in [0.5, 0.6) is 0 Å². The van der Waals surface area contributed by atoms with Gasteiger partial charge >= 0.3 is 0 Å². The van der Waals surface area contributed by atoms with Gasteiger partial charge in [0.1, 0.15) is 5.82 Å². The summed E-state index contributed by atoms with van der Waals surface area (Å²) in [6.45, 7) is 0.130. The van der Waals surface area contributed by atoms with Gasteiger partial charge in [-0.15, -0.1) is 6.42 Å². The van der Waals surface area contributed by atoms with E-state index < -0.39 is 5.82 Å². The molecule has 0 bridgehead atoms.